The maximum atomic E-state index is 4.52. The third-order valence-electron chi connectivity index (χ3n) is 3.81. The molecule has 0 amide bonds. The van der Waals surface area contributed by atoms with E-state index in [0.717, 1.165) is 0 Å². The van der Waals surface area contributed by atoms with E-state index in [0.29, 0.717) is 0 Å². The van der Waals surface area contributed by atoms with Crippen molar-refractivity contribution >= 4 is 29.6 Å². The molecule has 0 radical (unpaired) electrons. The van der Waals surface area contributed by atoms with Crippen LogP contribution >= 0.6 is 24.8 Å². The van der Waals surface area contributed by atoms with Crippen LogP contribution in [0.4, 0.5) is 0 Å². The van der Waals surface area contributed by atoms with Crippen LogP contribution in [-0.2, 0) is 17.4 Å². The summed E-state index contributed by atoms with van der Waals surface area (Å²) in [6.45, 7) is 8.96. The quantitative estimate of drug-likeness (QED) is 0.619. The fraction of sp³-hybridized carbons (Fsp3) is 0.400. The van der Waals surface area contributed by atoms with Crippen LogP contribution in [0.1, 0.15) is 40.5 Å². The van der Waals surface area contributed by atoms with Gasteiger partial charge in [-0.1, -0.05) is 0 Å². The number of rotatable bonds is 2. The molecule has 0 heterocycles. The predicted molar refractivity (Wildman–Crippen MR) is 83.8 cm³/mol. The van der Waals surface area contributed by atoms with Crippen LogP contribution in [0.3, 0.4) is 0 Å². The number of hydrogen-bond acceptors (Lipinski definition) is 0. The van der Waals surface area contributed by atoms with Crippen molar-refractivity contribution < 1.29 is 17.4 Å². The van der Waals surface area contributed by atoms with Gasteiger partial charge < -0.3 is 0 Å². The molecule has 0 bridgehead atoms. The molecule has 2 aliphatic rings. The van der Waals surface area contributed by atoms with Crippen molar-refractivity contribution in [2.24, 2.45) is 0 Å². The van der Waals surface area contributed by atoms with E-state index in [2.05, 4.69) is 44.7 Å². The van der Waals surface area contributed by atoms with E-state index in [1.807, 2.05) is 0 Å². The molecule has 0 saturated carbocycles. The van der Waals surface area contributed by atoms with Gasteiger partial charge in [0.15, 0.2) is 0 Å². The van der Waals surface area contributed by atoms with Crippen molar-refractivity contribution in [2.75, 3.05) is 0 Å². The first-order valence-corrected chi connectivity index (χ1v) is 8.59. The molecule has 18 heavy (non-hydrogen) atoms. The van der Waals surface area contributed by atoms with Gasteiger partial charge in [0, 0.05) is 0 Å². The fourth-order valence-corrected chi connectivity index (χ4v) is 5.67. The van der Waals surface area contributed by atoms with Gasteiger partial charge in [-0.05, 0) is 0 Å². The molecule has 0 aliphatic heterocycles. The monoisotopic (exact) mass is 320 g/mol. The van der Waals surface area contributed by atoms with Gasteiger partial charge in [-0.2, -0.15) is 0 Å². The van der Waals surface area contributed by atoms with Crippen LogP contribution < -0.4 is 0 Å². The van der Waals surface area contributed by atoms with Gasteiger partial charge in [-0.25, -0.2) is 0 Å². The van der Waals surface area contributed by atoms with E-state index in [1.165, 1.54) is 24.0 Å². The van der Waals surface area contributed by atoms with Crippen molar-refractivity contribution in [1.82, 2.24) is 0 Å². The predicted octanol–water partition coefficient (Wildman–Crippen LogP) is 5.13. The van der Waals surface area contributed by atoms with Crippen molar-refractivity contribution in [2.45, 2.75) is 40.5 Å². The van der Waals surface area contributed by atoms with E-state index in [-0.39, 0.29) is 24.8 Å². The zero-order valence-corrected chi connectivity index (χ0v) is 14.8. The first-order valence-electron chi connectivity index (χ1n) is 5.92. The average Bonchev–Trinajstić information content (AvgIpc) is 2.72. The minimum atomic E-state index is -1.36. The third-order valence-corrected chi connectivity index (χ3v) is 7.24. The summed E-state index contributed by atoms with van der Waals surface area (Å²) in [5.41, 5.74) is 6.04. The fourth-order valence-electron chi connectivity index (χ4n) is 2.32. The van der Waals surface area contributed by atoms with E-state index in [9.17, 15) is 0 Å². The average molecular weight is 321 g/mol. The first-order chi connectivity index (χ1) is 7.49. The van der Waals surface area contributed by atoms with Gasteiger partial charge in [-0.3, -0.25) is 0 Å². The molecule has 0 aromatic rings. The van der Waals surface area contributed by atoms with Gasteiger partial charge in [0.05, 0.1) is 0 Å². The number of allylic oxidation sites excluding steroid dienone is 8. The Kier molecular flexibility index (Phi) is 7.10. The summed E-state index contributed by atoms with van der Waals surface area (Å²) in [4.78, 5) is 4.52. The molecule has 0 aromatic heterocycles. The van der Waals surface area contributed by atoms with Crippen molar-refractivity contribution in [3.05, 3.63) is 42.2 Å². The summed E-state index contributed by atoms with van der Waals surface area (Å²) in [5.74, 6) is 0. The van der Waals surface area contributed by atoms with E-state index >= 15 is 0 Å². The Labute approximate surface area is 129 Å². The first kappa shape index (κ1) is 18.1. The molecule has 2 rings (SSSR count). The maximum absolute atomic E-state index is 4.52. The molecule has 0 nitrogen and oxygen atoms in total. The summed E-state index contributed by atoms with van der Waals surface area (Å²) in [5, 5.41) is 0. The number of hydrogen-bond donors (Lipinski definition) is 0. The molecule has 0 saturated heterocycles. The Bertz CT molecular complexity index is 447. The minimum absolute atomic E-state index is 0. The third kappa shape index (κ3) is 3.57. The SMILES string of the molecule is Cl.Cl.[CH2]=[Ti]([C]1=CC(C)=C(C)C1)[C]1=CC(C)=C(C)C1. The molecule has 0 fully saturated rings. The van der Waals surface area contributed by atoms with Crippen LogP contribution in [0.15, 0.2) is 42.2 Å². The van der Waals surface area contributed by atoms with Crippen LogP contribution in [-0.4, -0.2) is 4.82 Å². The summed E-state index contributed by atoms with van der Waals surface area (Å²) in [7, 11) is 0. The molecule has 0 atom stereocenters. The summed E-state index contributed by atoms with van der Waals surface area (Å²) in [6, 6.07) is 0. The Morgan fingerprint density at radius 2 is 1.17 bits per heavy atom. The Balaban J connectivity index is 0.00000144. The van der Waals surface area contributed by atoms with Crippen molar-refractivity contribution in [3.63, 3.8) is 0 Å². The second-order valence-electron chi connectivity index (χ2n) is 5.10. The Morgan fingerprint density at radius 1 is 0.833 bits per heavy atom. The molecule has 0 N–H and O–H groups in total. The second kappa shape index (κ2) is 7.05. The molecule has 3 heteroatoms. The Morgan fingerprint density at radius 3 is 1.39 bits per heavy atom. The molecule has 0 spiro atoms. The second-order valence-corrected chi connectivity index (χ2v) is 8.60. The van der Waals surface area contributed by atoms with Gasteiger partial charge in [-0.15, -0.1) is 24.8 Å². The van der Waals surface area contributed by atoms with E-state index in [1.54, 1.807) is 18.9 Å². The van der Waals surface area contributed by atoms with E-state index in [4.69, 9.17) is 0 Å². The molecule has 0 aromatic carbocycles. The van der Waals surface area contributed by atoms with Crippen molar-refractivity contribution in [1.29, 1.82) is 0 Å². The van der Waals surface area contributed by atoms with Gasteiger partial charge in [0.25, 0.3) is 0 Å². The molecule has 2 aliphatic carbocycles. The molecular weight excluding hydrogens is 299 g/mol. The van der Waals surface area contributed by atoms with Crippen molar-refractivity contribution in [3.8, 4) is 0 Å². The van der Waals surface area contributed by atoms with Crippen LogP contribution in [0.25, 0.3) is 0 Å². The van der Waals surface area contributed by atoms with E-state index < -0.39 is 17.4 Å². The summed E-state index contributed by atoms with van der Waals surface area (Å²) in [6.07, 6.45) is 7.20. The standard InChI is InChI=1S/2C7H9.CH2.2ClH.Ti/c2*1-6-4-3-5-7(6)2;;;;/h2*4H,5H2,1-2H3;1H2;2*1H;. The molecule has 100 valence electrons. The Hall–Kier alpha value is 0.124. The molecule has 0 unspecified atom stereocenters. The van der Waals surface area contributed by atoms with Crippen LogP contribution in [0.2, 0.25) is 0 Å². The number of halogens is 2. The van der Waals surface area contributed by atoms with Crippen LogP contribution in [0.5, 0.6) is 0 Å². The molecular formula is C15H22Cl2Ti. The topological polar surface area (TPSA) is 0 Å². The normalized spacial score (nSPS) is 18.2. The zero-order chi connectivity index (χ0) is 11.9. The van der Waals surface area contributed by atoms with Crippen LogP contribution in [0, 0.1) is 0 Å². The van der Waals surface area contributed by atoms with Gasteiger partial charge in [0.1, 0.15) is 0 Å². The van der Waals surface area contributed by atoms with Gasteiger partial charge >= 0.3 is 105 Å². The summed E-state index contributed by atoms with van der Waals surface area (Å²) >= 11 is -1.36. The zero-order valence-electron chi connectivity index (χ0n) is 11.6. The van der Waals surface area contributed by atoms with Gasteiger partial charge in [0.2, 0.25) is 0 Å². The summed E-state index contributed by atoms with van der Waals surface area (Å²) < 4.78 is 3.31.